The van der Waals surface area contributed by atoms with E-state index in [0.717, 1.165) is 18.4 Å². The molecule has 0 saturated heterocycles. The second kappa shape index (κ2) is 3.20. The Morgan fingerprint density at radius 2 is 2.40 bits per heavy atom. The molecular formula is C8H10O2. The number of hydrogen-bond donors (Lipinski definition) is 0. The zero-order chi connectivity index (χ0) is 7.40. The molecule has 1 rings (SSSR count). The van der Waals surface area contributed by atoms with Crippen molar-refractivity contribution in [1.82, 2.24) is 0 Å². The third kappa shape index (κ3) is 1.72. The monoisotopic (exact) mass is 138 g/mol. The van der Waals surface area contributed by atoms with E-state index in [1.165, 1.54) is 12.3 Å². The normalized spacial score (nSPS) is 9.70. The largest absolute Gasteiger partial charge is 0.431 e. The standard InChI is InChI=1S/C8H10O2/c1-2-3-7-4-5-10-8(9)6-7/h4-6H,2-3H2,1H3. The molecule has 0 amide bonds. The molecule has 10 heavy (non-hydrogen) atoms. The average molecular weight is 138 g/mol. The molecule has 1 heterocycles. The lowest BCUT2D eigenvalue weighted by atomic mass is 10.2. The predicted molar refractivity (Wildman–Crippen MR) is 39.0 cm³/mol. The molecule has 0 radical (unpaired) electrons. The van der Waals surface area contributed by atoms with Crippen LogP contribution in [0.15, 0.2) is 27.6 Å². The Hall–Kier alpha value is -1.05. The van der Waals surface area contributed by atoms with Crippen molar-refractivity contribution in [3.05, 3.63) is 34.4 Å². The van der Waals surface area contributed by atoms with E-state index in [9.17, 15) is 4.79 Å². The van der Waals surface area contributed by atoms with Gasteiger partial charge in [-0.15, -0.1) is 0 Å². The minimum atomic E-state index is -0.258. The van der Waals surface area contributed by atoms with Crippen LogP contribution in [0.4, 0.5) is 0 Å². The Labute approximate surface area is 59.5 Å². The molecule has 0 bridgehead atoms. The predicted octanol–water partition coefficient (Wildman–Crippen LogP) is 1.59. The number of hydrogen-bond acceptors (Lipinski definition) is 2. The van der Waals surface area contributed by atoms with Crippen LogP contribution in [0.2, 0.25) is 0 Å². The quantitative estimate of drug-likeness (QED) is 0.621. The Balaban J connectivity index is 2.85. The zero-order valence-corrected chi connectivity index (χ0v) is 5.96. The van der Waals surface area contributed by atoms with E-state index in [4.69, 9.17) is 0 Å². The Morgan fingerprint density at radius 1 is 1.60 bits per heavy atom. The van der Waals surface area contributed by atoms with Crippen LogP contribution in [0.5, 0.6) is 0 Å². The highest BCUT2D eigenvalue weighted by Crippen LogP contribution is 1.97. The van der Waals surface area contributed by atoms with Gasteiger partial charge in [0.1, 0.15) is 0 Å². The van der Waals surface area contributed by atoms with E-state index in [1.807, 2.05) is 6.07 Å². The SMILES string of the molecule is CCCc1ccoc(=O)c1. The molecule has 0 aliphatic heterocycles. The van der Waals surface area contributed by atoms with Crippen molar-refractivity contribution in [3.63, 3.8) is 0 Å². The van der Waals surface area contributed by atoms with Gasteiger partial charge in [0.15, 0.2) is 0 Å². The van der Waals surface area contributed by atoms with Crippen LogP contribution in [-0.2, 0) is 6.42 Å². The molecule has 54 valence electrons. The molecule has 0 N–H and O–H groups in total. The lowest BCUT2D eigenvalue weighted by Gasteiger charge is -1.92. The fourth-order valence-electron chi connectivity index (χ4n) is 0.866. The second-order valence-corrected chi connectivity index (χ2v) is 2.21. The smallest absolute Gasteiger partial charge is 0.335 e. The van der Waals surface area contributed by atoms with Crippen molar-refractivity contribution >= 4 is 0 Å². The van der Waals surface area contributed by atoms with Crippen LogP contribution in [0.25, 0.3) is 0 Å². The first kappa shape index (κ1) is 7.06. The van der Waals surface area contributed by atoms with Gasteiger partial charge in [0.25, 0.3) is 0 Å². The first-order chi connectivity index (χ1) is 4.83. The zero-order valence-electron chi connectivity index (χ0n) is 5.96. The maximum absolute atomic E-state index is 10.6. The first-order valence-electron chi connectivity index (χ1n) is 3.40. The van der Waals surface area contributed by atoms with Gasteiger partial charge < -0.3 is 4.42 Å². The number of aryl methyl sites for hydroxylation is 1. The fraction of sp³-hybridized carbons (Fsp3) is 0.375. The topological polar surface area (TPSA) is 30.2 Å². The van der Waals surface area contributed by atoms with Gasteiger partial charge in [-0.25, -0.2) is 4.79 Å². The summed E-state index contributed by atoms with van der Waals surface area (Å²) < 4.78 is 4.56. The van der Waals surface area contributed by atoms with E-state index in [1.54, 1.807) is 0 Å². The Bertz CT molecular complexity index is 249. The average Bonchev–Trinajstić information content (AvgIpc) is 1.88. The first-order valence-corrected chi connectivity index (χ1v) is 3.40. The molecular weight excluding hydrogens is 128 g/mol. The highest BCUT2D eigenvalue weighted by molar-refractivity contribution is 5.07. The molecule has 1 aromatic rings. The van der Waals surface area contributed by atoms with Gasteiger partial charge in [0.2, 0.25) is 0 Å². The summed E-state index contributed by atoms with van der Waals surface area (Å²) in [4.78, 5) is 10.6. The van der Waals surface area contributed by atoms with Crippen LogP contribution in [0.1, 0.15) is 18.9 Å². The molecule has 0 atom stereocenters. The van der Waals surface area contributed by atoms with Crippen molar-refractivity contribution in [3.8, 4) is 0 Å². The van der Waals surface area contributed by atoms with E-state index < -0.39 is 0 Å². The molecule has 0 aromatic carbocycles. The van der Waals surface area contributed by atoms with Gasteiger partial charge in [-0.2, -0.15) is 0 Å². The van der Waals surface area contributed by atoms with Gasteiger partial charge in [0.05, 0.1) is 6.26 Å². The maximum Gasteiger partial charge on any atom is 0.335 e. The molecule has 0 fully saturated rings. The summed E-state index contributed by atoms with van der Waals surface area (Å²) in [5.41, 5.74) is 0.796. The summed E-state index contributed by atoms with van der Waals surface area (Å²) in [6, 6.07) is 3.36. The molecule has 2 nitrogen and oxygen atoms in total. The lowest BCUT2D eigenvalue weighted by Crippen LogP contribution is -1.97. The summed E-state index contributed by atoms with van der Waals surface area (Å²) in [6.45, 7) is 2.08. The summed E-state index contributed by atoms with van der Waals surface area (Å²) >= 11 is 0. The van der Waals surface area contributed by atoms with Crippen LogP contribution in [0, 0.1) is 0 Å². The van der Waals surface area contributed by atoms with Crippen molar-refractivity contribution in [2.75, 3.05) is 0 Å². The summed E-state index contributed by atoms with van der Waals surface area (Å²) in [5, 5.41) is 0. The van der Waals surface area contributed by atoms with Crippen molar-refractivity contribution < 1.29 is 4.42 Å². The molecule has 0 spiro atoms. The second-order valence-electron chi connectivity index (χ2n) is 2.21. The summed E-state index contributed by atoms with van der Waals surface area (Å²) in [7, 11) is 0. The minimum Gasteiger partial charge on any atom is -0.431 e. The Morgan fingerprint density at radius 3 is 3.00 bits per heavy atom. The van der Waals surface area contributed by atoms with E-state index in [2.05, 4.69) is 11.3 Å². The summed E-state index contributed by atoms with van der Waals surface area (Å²) in [6.07, 6.45) is 3.45. The third-order valence-corrected chi connectivity index (χ3v) is 1.31. The van der Waals surface area contributed by atoms with Crippen LogP contribution < -0.4 is 5.63 Å². The molecule has 2 heteroatoms. The van der Waals surface area contributed by atoms with Crippen molar-refractivity contribution in [1.29, 1.82) is 0 Å². The van der Waals surface area contributed by atoms with Crippen LogP contribution in [0.3, 0.4) is 0 Å². The molecule has 0 aliphatic rings. The molecule has 0 saturated carbocycles. The minimum absolute atomic E-state index is 0.258. The summed E-state index contributed by atoms with van der Waals surface area (Å²) in [5.74, 6) is 0. The maximum atomic E-state index is 10.6. The molecule has 0 aliphatic carbocycles. The molecule has 1 aromatic heterocycles. The third-order valence-electron chi connectivity index (χ3n) is 1.31. The van der Waals surface area contributed by atoms with E-state index in [0.29, 0.717) is 0 Å². The highest BCUT2D eigenvalue weighted by Gasteiger charge is 1.90. The van der Waals surface area contributed by atoms with Gasteiger partial charge in [-0.05, 0) is 18.1 Å². The van der Waals surface area contributed by atoms with Crippen molar-refractivity contribution in [2.24, 2.45) is 0 Å². The fourth-order valence-corrected chi connectivity index (χ4v) is 0.866. The number of rotatable bonds is 2. The van der Waals surface area contributed by atoms with Crippen LogP contribution in [-0.4, -0.2) is 0 Å². The van der Waals surface area contributed by atoms with Gasteiger partial charge in [-0.1, -0.05) is 13.3 Å². The van der Waals surface area contributed by atoms with Gasteiger partial charge >= 0.3 is 5.63 Å². The van der Waals surface area contributed by atoms with Crippen molar-refractivity contribution in [2.45, 2.75) is 19.8 Å². The van der Waals surface area contributed by atoms with Gasteiger partial charge in [0, 0.05) is 6.07 Å². The Kier molecular flexibility index (Phi) is 2.26. The van der Waals surface area contributed by atoms with E-state index in [-0.39, 0.29) is 5.63 Å². The lowest BCUT2D eigenvalue weighted by molar-refractivity contribution is 0.508. The highest BCUT2D eigenvalue weighted by atomic mass is 16.4. The van der Waals surface area contributed by atoms with E-state index >= 15 is 0 Å². The van der Waals surface area contributed by atoms with Crippen LogP contribution >= 0.6 is 0 Å². The molecule has 0 unspecified atom stereocenters. The van der Waals surface area contributed by atoms with Gasteiger partial charge in [-0.3, -0.25) is 0 Å².